The van der Waals surface area contributed by atoms with E-state index in [0.29, 0.717) is 30.1 Å². The van der Waals surface area contributed by atoms with Gasteiger partial charge in [0.1, 0.15) is 23.5 Å². The number of nitrogens with zero attached hydrogens (tertiary/aromatic N) is 3. The van der Waals surface area contributed by atoms with Crippen LogP contribution >= 0.6 is 13.5 Å². The number of esters is 1. The van der Waals surface area contributed by atoms with E-state index in [4.69, 9.17) is 27.8 Å². The third-order valence-electron chi connectivity index (χ3n) is 13.2. The molecule has 0 saturated carbocycles. The van der Waals surface area contributed by atoms with Gasteiger partial charge >= 0.3 is 5.97 Å². The van der Waals surface area contributed by atoms with E-state index < -0.39 is 28.5 Å². The van der Waals surface area contributed by atoms with Crippen LogP contribution in [0.15, 0.2) is 54.6 Å². The molecule has 0 saturated heterocycles. The number of hydrogen-bond donors (Lipinski definition) is 1. The molecule has 0 spiro atoms. The zero-order valence-electron chi connectivity index (χ0n) is 47.3. The summed E-state index contributed by atoms with van der Waals surface area (Å²) in [7, 11) is 18.7. The van der Waals surface area contributed by atoms with Crippen molar-refractivity contribution in [2.45, 2.75) is 129 Å². The maximum atomic E-state index is 11.7. The topological polar surface area (TPSA) is 119 Å². The SMILES string of the molecule is C.COC(=O)[C@H](CC=O)c1ccc(N(C)C)cc1OC.COc1cc(N(C)C)ccc1[C@H](C)CCO[Si](C)(C)C(C)(C)C.COc1cc(N(C)C)ccc1[C@H](CO)CCO[Si](C)(C)C(C)(C)C.S.S=S=S=S=S. The molecule has 20 heteroatoms. The van der Waals surface area contributed by atoms with Gasteiger partial charge in [0.2, 0.25) is 0 Å². The summed E-state index contributed by atoms with van der Waals surface area (Å²) in [6.45, 7) is 26.5. The molecule has 0 unspecified atom stereocenters. The lowest BCUT2D eigenvalue weighted by molar-refractivity contribution is -0.143. The van der Waals surface area contributed by atoms with Crippen LogP contribution in [-0.2, 0) is 72.2 Å². The van der Waals surface area contributed by atoms with Crippen molar-refractivity contribution in [3.63, 3.8) is 0 Å². The first-order valence-corrected chi connectivity index (χ1v) is 34.8. The van der Waals surface area contributed by atoms with E-state index in [1.165, 1.54) is 46.4 Å². The first-order chi connectivity index (χ1) is 33.0. The first kappa shape index (κ1) is 74.6. The standard InChI is InChI=1S/C19H35NO3Si.C19H35NO2Si.C14H19NO4.CH4.S5.H2S/c1-19(2,3)24(7,8)23-12-11-15(14-21)17-10-9-16(20(4)5)13-18(17)22-6;1-15(12-13-22-23(8,9)19(2,3)4)17-11-10-16(20(5)6)14-18(17)21-7;1-15(2)10-5-6-11(13(9-10)18-3)12(7-8-16)14(17)19-4;;1-3-5-4-2;/h9-10,13,15,21H,11-12,14H2,1-8H3;10-11,14-15H,12-13H2,1-9H3;5-6,8-9,12H,7H2,1-4H3;1H4;;1H2/t2*15-;12-;;;/m011.../s1. The van der Waals surface area contributed by atoms with Crippen molar-refractivity contribution in [3.8, 4) is 17.2 Å². The molecule has 12 nitrogen and oxygen atoms in total. The molecule has 3 rings (SSSR count). The third kappa shape index (κ3) is 25.4. The van der Waals surface area contributed by atoms with Gasteiger partial charge in [0.05, 0.1) is 41.0 Å². The number of carbonyl (C=O) groups excluding carboxylic acids is 2. The smallest absolute Gasteiger partial charge is 0.313 e. The summed E-state index contributed by atoms with van der Waals surface area (Å²) in [6.07, 6.45) is 2.59. The van der Waals surface area contributed by atoms with E-state index in [9.17, 15) is 14.7 Å². The zero-order valence-corrected chi connectivity index (χ0v) is 54.4. The third-order valence-corrected chi connectivity index (χ3v) is 26.7. The Bertz CT molecular complexity index is 2190. The molecule has 73 heavy (non-hydrogen) atoms. The highest BCUT2D eigenvalue weighted by atomic mass is 33.3. The predicted octanol–water partition coefficient (Wildman–Crippen LogP) is 11.9. The van der Waals surface area contributed by atoms with Gasteiger partial charge in [-0.05, 0) is 84.4 Å². The summed E-state index contributed by atoms with van der Waals surface area (Å²) < 4.78 is 33.8. The van der Waals surface area contributed by atoms with E-state index in [-0.39, 0.29) is 49.9 Å². The molecule has 0 bridgehead atoms. The van der Waals surface area contributed by atoms with Gasteiger partial charge in [-0.2, -0.15) is 13.5 Å². The van der Waals surface area contributed by atoms with Gasteiger partial charge in [0.25, 0.3) is 0 Å². The Morgan fingerprint density at radius 2 is 1.01 bits per heavy atom. The molecule has 0 aliphatic heterocycles. The van der Waals surface area contributed by atoms with E-state index in [1.54, 1.807) is 20.3 Å². The van der Waals surface area contributed by atoms with Gasteiger partial charge < -0.3 is 52.4 Å². The summed E-state index contributed by atoms with van der Waals surface area (Å²) >= 11 is 8.89. The van der Waals surface area contributed by atoms with E-state index in [2.05, 4.69) is 132 Å². The maximum Gasteiger partial charge on any atom is 0.313 e. The van der Waals surface area contributed by atoms with Gasteiger partial charge in [-0.15, -0.1) is 0 Å². The summed E-state index contributed by atoms with van der Waals surface area (Å²) in [5.74, 6) is 1.75. The fourth-order valence-electron chi connectivity index (χ4n) is 6.45. The second-order valence-corrected chi connectivity index (χ2v) is 35.6. The number of benzene rings is 3. The molecule has 3 atom stereocenters. The molecule has 0 radical (unpaired) electrons. The zero-order chi connectivity index (χ0) is 54.9. The molecule has 0 amide bonds. The van der Waals surface area contributed by atoms with Gasteiger partial charge in [-0.25, -0.2) is 0 Å². The van der Waals surface area contributed by atoms with Crippen LogP contribution in [0.3, 0.4) is 0 Å². The van der Waals surface area contributed by atoms with Crippen LogP contribution in [0.4, 0.5) is 17.1 Å². The molecule has 0 heterocycles. The first-order valence-electron chi connectivity index (χ1n) is 23.7. The minimum Gasteiger partial charge on any atom is -0.496 e. The number of ether oxygens (including phenoxy) is 4. The highest BCUT2D eigenvalue weighted by Gasteiger charge is 2.38. The fraction of sp³-hybridized carbons (Fsp3) is 0.623. The average molecular weight is 1170 g/mol. The number of carbonyl (C=O) groups is 2. The normalized spacial score (nSPS) is 12.2. The Balaban J connectivity index is -0.000000952. The largest absolute Gasteiger partial charge is 0.496 e. The van der Waals surface area contributed by atoms with Crippen molar-refractivity contribution < 1.29 is 42.5 Å². The number of anilines is 3. The minimum atomic E-state index is -1.75. The number of hydrogen-bond acceptors (Lipinski definition) is 14. The maximum absolute atomic E-state index is 11.7. The Hall–Kier alpha value is -2.64. The van der Waals surface area contributed by atoms with Gasteiger partial charge in [0.15, 0.2) is 16.6 Å². The average Bonchev–Trinajstić information content (AvgIpc) is 3.31. The summed E-state index contributed by atoms with van der Waals surface area (Å²) in [5.41, 5.74) is 6.17. The molecular weight excluding hydrogens is 1070 g/mol. The number of aliphatic hydroxyl groups is 1. The Kier molecular flexibility index (Phi) is 37.2. The van der Waals surface area contributed by atoms with Crippen LogP contribution in [0.2, 0.25) is 36.3 Å². The lowest BCUT2D eigenvalue weighted by atomic mass is 9.95. The molecule has 0 aliphatic carbocycles. The van der Waals surface area contributed by atoms with Gasteiger partial charge in [-0.1, -0.05) is 74.1 Å². The van der Waals surface area contributed by atoms with Crippen molar-refractivity contribution in [2.75, 3.05) is 105 Å². The number of rotatable bonds is 21. The lowest BCUT2D eigenvalue weighted by Gasteiger charge is -2.36. The fourth-order valence-corrected chi connectivity index (χ4v) is 11.3. The second kappa shape index (κ2) is 36.4. The van der Waals surface area contributed by atoms with Crippen LogP contribution in [0.5, 0.6) is 17.2 Å². The van der Waals surface area contributed by atoms with Crippen molar-refractivity contribution in [1.29, 1.82) is 0 Å². The quantitative estimate of drug-likeness (QED) is 0.0619. The van der Waals surface area contributed by atoms with Crippen LogP contribution in [0, 0.1) is 0 Å². The van der Waals surface area contributed by atoms with Crippen molar-refractivity contribution >= 4 is 108 Å². The minimum absolute atomic E-state index is 0. The van der Waals surface area contributed by atoms with Crippen LogP contribution in [0.25, 0.3) is 0 Å². The molecule has 0 fully saturated rings. The van der Waals surface area contributed by atoms with E-state index in [1.807, 2.05) is 70.3 Å². The predicted molar refractivity (Wildman–Crippen MR) is 335 cm³/mol. The number of aliphatic hydroxyl groups excluding tert-OH is 1. The van der Waals surface area contributed by atoms with Crippen LogP contribution in [-0.4, -0.2) is 125 Å². The van der Waals surface area contributed by atoms with Crippen molar-refractivity contribution in [1.82, 2.24) is 0 Å². The summed E-state index contributed by atoms with van der Waals surface area (Å²) in [4.78, 5) is 28.5. The highest BCUT2D eigenvalue weighted by Crippen LogP contribution is 2.40. The monoisotopic (exact) mass is 1170 g/mol. The Morgan fingerprint density at radius 1 is 0.658 bits per heavy atom. The Labute approximate surface area is 470 Å². The van der Waals surface area contributed by atoms with Gasteiger partial charge in [-0.3, -0.25) is 4.79 Å². The van der Waals surface area contributed by atoms with Gasteiger partial charge in [0, 0.05) is 158 Å². The van der Waals surface area contributed by atoms with E-state index >= 15 is 0 Å². The van der Waals surface area contributed by atoms with Crippen LogP contribution < -0.4 is 28.9 Å². The molecular formula is C53H95N3O9S6Si2. The second-order valence-electron chi connectivity index (χ2n) is 20.7. The molecule has 3 aromatic rings. The molecule has 0 aliphatic rings. The molecule has 3 aromatic carbocycles. The summed E-state index contributed by atoms with van der Waals surface area (Å²) in [6, 6.07) is 18.1. The van der Waals surface area contributed by atoms with Crippen molar-refractivity contribution in [2.24, 2.45) is 0 Å². The highest BCUT2D eigenvalue weighted by molar-refractivity contribution is 8.59. The molecule has 0 aromatic heterocycles. The lowest BCUT2D eigenvalue weighted by Crippen LogP contribution is -2.41. The van der Waals surface area contributed by atoms with Crippen LogP contribution in [0.1, 0.15) is 110 Å². The molecule has 1 N–H and O–H groups in total. The van der Waals surface area contributed by atoms with E-state index in [0.717, 1.165) is 53.6 Å². The van der Waals surface area contributed by atoms with Crippen molar-refractivity contribution in [3.05, 3.63) is 71.3 Å². The summed E-state index contributed by atoms with van der Waals surface area (Å²) in [5, 5.41) is 10.3. The molecule has 420 valence electrons. The Morgan fingerprint density at radius 3 is 1.33 bits per heavy atom. The number of methoxy groups -OCH3 is 4. The number of aldehydes is 1.